The smallest absolute Gasteiger partial charge is 0.348 e. The lowest BCUT2D eigenvalue weighted by molar-refractivity contribution is -0.129. The third-order valence-corrected chi connectivity index (χ3v) is 6.57. The first-order valence-electron chi connectivity index (χ1n) is 9.93. The Morgan fingerprint density at radius 3 is 2.43 bits per heavy atom. The number of likely N-dealkylation sites (tertiary alicyclic amines) is 1. The maximum absolute atomic E-state index is 12.9. The third-order valence-electron chi connectivity index (χ3n) is 5.44. The molecule has 0 saturated carbocycles. The number of piperidine rings is 1. The number of amides is 3. The van der Waals surface area contributed by atoms with Crippen molar-refractivity contribution in [1.82, 2.24) is 14.7 Å². The molecule has 0 radical (unpaired) electrons. The first-order valence-corrected chi connectivity index (χ1v) is 11.8. The zero-order chi connectivity index (χ0) is 21.3. The lowest BCUT2D eigenvalue weighted by atomic mass is 10.1. The molecule has 0 N–H and O–H groups in total. The van der Waals surface area contributed by atoms with Crippen molar-refractivity contribution < 1.29 is 22.7 Å². The first-order chi connectivity index (χ1) is 14.3. The van der Waals surface area contributed by atoms with Crippen molar-refractivity contribution in [3.05, 3.63) is 41.8 Å². The van der Waals surface area contributed by atoms with Gasteiger partial charge in [-0.25, -0.2) is 13.2 Å². The van der Waals surface area contributed by atoms with E-state index in [2.05, 4.69) is 4.99 Å². The average Bonchev–Trinajstić information content (AvgIpc) is 3.06. The van der Waals surface area contributed by atoms with Crippen LogP contribution in [-0.4, -0.2) is 73.5 Å². The molecule has 3 aliphatic rings. The predicted molar refractivity (Wildman–Crippen MR) is 109 cm³/mol. The van der Waals surface area contributed by atoms with Crippen molar-refractivity contribution in [3.63, 3.8) is 0 Å². The lowest BCUT2D eigenvalue weighted by Crippen LogP contribution is -2.42. The second-order valence-corrected chi connectivity index (χ2v) is 9.66. The Hall–Kier alpha value is -2.88. The Labute approximate surface area is 175 Å². The van der Waals surface area contributed by atoms with Crippen molar-refractivity contribution in [2.75, 3.05) is 32.4 Å². The molecule has 160 valence electrons. The predicted octanol–water partition coefficient (Wildman–Crippen LogP) is 1.57. The standard InChI is InChI=1S/C20H24N4O5S/c1-30(27,28)16-7-5-15(6-8-16)13-23-11-12-24-17(14-29-20(24)21-19(23)26)18(25)22-9-3-2-4-10-22/h5-8,14H,2-4,9-13H2,1H3. The fourth-order valence-corrected chi connectivity index (χ4v) is 4.37. The number of nitrogens with zero attached hydrogens (tertiary/aromatic N) is 4. The van der Waals surface area contributed by atoms with Crippen LogP contribution in [0.15, 0.2) is 46.1 Å². The fourth-order valence-electron chi connectivity index (χ4n) is 3.74. The number of carbonyl (C=O) groups excluding carboxylic acids is 2. The summed E-state index contributed by atoms with van der Waals surface area (Å²) in [5.41, 5.74) is 1.20. The summed E-state index contributed by atoms with van der Waals surface area (Å²) in [6.45, 7) is 2.48. The largest absolute Gasteiger partial charge is 0.431 e. The maximum Gasteiger partial charge on any atom is 0.348 e. The number of fused-ring (bicyclic) bond motifs is 1. The van der Waals surface area contributed by atoms with Crippen molar-refractivity contribution >= 4 is 27.8 Å². The van der Waals surface area contributed by atoms with E-state index in [1.165, 1.54) is 18.4 Å². The first kappa shape index (κ1) is 20.4. The molecule has 0 atom stereocenters. The summed E-state index contributed by atoms with van der Waals surface area (Å²) in [6, 6.07) is 6.08. The lowest BCUT2D eigenvalue weighted by Gasteiger charge is -2.29. The van der Waals surface area contributed by atoms with Gasteiger partial charge in [0.25, 0.3) is 5.91 Å². The highest BCUT2D eigenvalue weighted by atomic mass is 32.2. The van der Waals surface area contributed by atoms with Crippen LogP contribution in [0.4, 0.5) is 4.79 Å². The quantitative estimate of drug-likeness (QED) is 0.716. The summed E-state index contributed by atoms with van der Waals surface area (Å²) in [5.74, 6) is -0.0998. The molecule has 9 nitrogen and oxygen atoms in total. The topological polar surface area (TPSA) is 99.6 Å². The number of ether oxygens (including phenoxy) is 1. The van der Waals surface area contributed by atoms with Crippen LogP contribution in [0.2, 0.25) is 0 Å². The normalized spacial score (nSPS) is 19.6. The number of aliphatic imine (C=N–C) groups is 1. The van der Waals surface area contributed by atoms with Gasteiger partial charge >= 0.3 is 12.1 Å². The minimum absolute atomic E-state index is 0.0998. The van der Waals surface area contributed by atoms with E-state index < -0.39 is 15.9 Å². The Morgan fingerprint density at radius 1 is 1.07 bits per heavy atom. The zero-order valence-corrected chi connectivity index (χ0v) is 17.6. The number of sulfone groups is 1. The second-order valence-electron chi connectivity index (χ2n) is 7.64. The molecule has 0 spiro atoms. The summed E-state index contributed by atoms with van der Waals surface area (Å²) < 4.78 is 28.6. The number of rotatable bonds is 4. The Bertz CT molecular complexity index is 1010. The van der Waals surface area contributed by atoms with E-state index >= 15 is 0 Å². The van der Waals surface area contributed by atoms with Gasteiger partial charge in [-0.2, -0.15) is 0 Å². The number of amidine groups is 1. The van der Waals surface area contributed by atoms with Gasteiger partial charge in [0.1, 0.15) is 12.0 Å². The van der Waals surface area contributed by atoms with Gasteiger partial charge in [-0.3, -0.25) is 9.69 Å². The molecular weight excluding hydrogens is 408 g/mol. The minimum Gasteiger partial charge on any atom is -0.431 e. The third kappa shape index (κ3) is 4.18. The van der Waals surface area contributed by atoms with Crippen LogP contribution < -0.4 is 0 Å². The molecule has 3 amide bonds. The van der Waals surface area contributed by atoms with E-state index in [9.17, 15) is 18.0 Å². The molecule has 1 fully saturated rings. The molecule has 10 heteroatoms. The van der Waals surface area contributed by atoms with Crippen LogP contribution in [0.1, 0.15) is 24.8 Å². The van der Waals surface area contributed by atoms with E-state index in [1.807, 2.05) is 4.90 Å². The maximum atomic E-state index is 12.9. The summed E-state index contributed by atoms with van der Waals surface area (Å²) in [6.07, 6.45) is 5.64. The van der Waals surface area contributed by atoms with E-state index in [-0.39, 0.29) is 23.4 Å². The molecule has 0 aromatic heterocycles. The molecule has 1 aromatic rings. The van der Waals surface area contributed by atoms with Gasteiger partial charge in [0.2, 0.25) is 0 Å². The highest BCUT2D eigenvalue weighted by Crippen LogP contribution is 2.23. The molecule has 30 heavy (non-hydrogen) atoms. The summed E-state index contributed by atoms with van der Waals surface area (Å²) in [7, 11) is -3.27. The van der Waals surface area contributed by atoms with Gasteiger partial charge in [0.15, 0.2) is 9.84 Å². The van der Waals surface area contributed by atoms with Gasteiger partial charge in [-0.15, -0.1) is 4.99 Å². The van der Waals surface area contributed by atoms with Crippen LogP contribution in [0.3, 0.4) is 0 Å². The fraction of sp³-hybridized carbons (Fsp3) is 0.450. The van der Waals surface area contributed by atoms with E-state index in [4.69, 9.17) is 4.74 Å². The molecule has 0 bridgehead atoms. The monoisotopic (exact) mass is 432 g/mol. The molecule has 0 unspecified atom stereocenters. The van der Waals surface area contributed by atoms with Gasteiger partial charge in [-0.05, 0) is 37.0 Å². The van der Waals surface area contributed by atoms with Crippen LogP contribution in [0.5, 0.6) is 0 Å². The van der Waals surface area contributed by atoms with Gasteiger partial charge < -0.3 is 14.5 Å². The summed E-state index contributed by atoms with van der Waals surface area (Å²) in [5, 5.41) is 0. The van der Waals surface area contributed by atoms with Gasteiger partial charge in [-0.1, -0.05) is 12.1 Å². The van der Waals surface area contributed by atoms with Crippen LogP contribution in [-0.2, 0) is 25.9 Å². The van der Waals surface area contributed by atoms with Crippen molar-refractivity contribution in [1.29, 1.82) is 0 Å². The van der Waals surface area contributed by atoms with Crippen LogP contribution in [0.25, 0.3) is 0 Å². The SMILES string of the molecule is CS(=O)(=O)c1ccc(CN2CCN3C(C(=O)N4CCCCC4)=COC3=NC2=O)cc1. The molecule has 0 aliphatic carbocycles. The highest BCUT2D eigenvalue weighted by Gasteiger charge is 2.35. The van der Waals surface area contributed by atoms with E-state index in [1.54, 1.807) is 21.9 Å². The number of urea groups is 1. The summed E-state index contributed by atoms with van der Waals surface area (Å²) in [4.78, 5) is 34.7. The number of benzene rings is 1. The Kier molecular flexibility index (Phi) is 5.50. The number of hydrogen-bond donors (Lipinski definition) is 0. The molecule has 3 heterocycles. The Morgan fingerprint density at radius 2 is 1.77 bits per heavy atom. The second kappa shape index (κ2) is 8.10. The van der Waals surface area contributed by atoms with Crippen LogP contribution >= 0.6 is 0 Å². The van der Waals surface area contributed by atoms with Gasteiger partial charge in [0, 0.05) is 39.0 Å². The number of carbonyl (C=O) groups is 2. The molecule has 1 aromatic carbocycles. The molecule has 4 rings (SSSR count). The van der Waals surface area contributed by atoms with Crippen molar-refractivity contribution in [2.24, 2.45) is 4.99 Å². The highest BCUT2D eigenvalue weighted by molar-refractivity contribution is 7.90. The summed E-state index contributed by atoms with van der Waals surface area (Å²) >= 11 is 0. The van der Waals surface area contributed by atoms with Crippen molar-refractivity contribution in [2.45, 2.75) is 30.7 Å². The molecule has 3 aliphatic heterocycles. The Balaban J connectivity index is 1.44. The molecule has 1 saturated heterocycles. The van der Waals surface area contributed by atoms with Crippen LogP contribution in [0, 0.1) is 0 Å². The minimum atomic E-state index is -3.27. The molecular formula is C20H24N4O5S. The average molecular weight is 433 g/mol. The van der Waals surface area contributed by atoms with E-state index in [0.717, 1.165) is 44.2 Å². The zero-order valence-electron chi connectivity index (χ0n) is 16.8. The number of hydrogen-bond acceptors (Lipinski definition) is 6. The van der Waals surface area contributed by atoms with Crippen molar-refractivity contribution in [3.8, 4) is 0 Å². The van der Waals surface area contributed by atoms with E-state index in [0.29, 0.717) is 18.8 Å². The van der Waals surface area contributed by atoms with Gasteiger partial charge in [0.05, 0.1) is 4.90 Å².